The van der Waals surface area contributed by atoms with E-state index in [9.17, 15) is 0 Å². The first kappa shape index (κ1) is 27.9. The van der Waals surface area contributed by atoms with Crippen LogP contribution in [0.1, 0.15) is 58.2 Å². The number of hydrogen-bond donors (Lipinski definition) is 1. The van der Waals surface area contributed by atoms with Crippen LogP contribution in [0.15, 0.2) is 72.8 Å². The quantitative estimate of drug-likeness (QED) is 0.0897. The van der Waals surface area contributed by atoms with Gasteiger partial charge in [-0.2, -0.15) is 0 Å². The van der Waals surface area contributed by atoms with Crippen molar-refractivity contribution in [2.24, 2.45) is 0 Å². The molecule has 4 heteroatoms. The number of anilines is 1. The fourth-order valence-corrected chi connectivity index (χ4v) is 11.3. The lowest BCUT2D eigenvalue weighted by Crippen LogP contribution is -2.43. The van der Waals surface area contributed by atoms with Gasteiger partial charge in [0.05, 0.1) is 0 Å². The van der Waals surface area contributed by atoms with Crippen molar-refractivity contribution < 1.29 is 0 Å². The Kier molecular flexibility index (Phi) is 8.59. The minimum atomic E-state index is -1.88. The molecule has 0 bridgehead atoms. The highest BCUT2D eigenvalue weighted by Crippen LogP contribution is 2.41. The lowest BCUT2D eigenvalue weighted by Gasteiger charge is -2.38. The van der Waals surface area contributed by atoms with Crippen LogP contribution in [0.25, 0.3) is 21.5 Å². The van der Waals surface area contributed by atoms with E-state index in [2.05, 4.69) is 119 Å². The second kappa shape index (κ2) is 11.7. The molecule has 0 saturated heterocycles. The van der Waals surface area contributed by atoms with E-state index >= 15 is 0 Å². The van der Waals surface area contributed by atoms with Crippen molar-refractivity contribution in [3.63, 3.8) is 0 Å². The van der Waals surface area contributed by atoms with Gasteiger partial charge in [-0.1, -0.05) is 112 Å². The molecule has 38 heavy (non-hydrogen) atoms. The Morgan fingerprint density at radius 3 is 1.47 bits per heavy atom. The predicted octanol–water partition coefficient (Wildman–Crippen LogP) is 9.21. The number of benzene rings is 4. The third-order valence-electron chi connectivity index (χ3n) is 7.66. The smallest absolute Gasteiger partial charge is 0.146 e. The summed E-state index contributed by atoms with van der Waals surface area (Å²) in [7, 11) is -1.88. The first-order chi connectivity index (χ1) is 18.1. The van der Waals surface area contributed by atoms with E-state index in [1.165, 1.54) is 10.8 Å². The van der Waals surface area contributed by atoms with Gasteiger partial charge in [-0.15, -0.1) is 5.54 Å². The van der Waals surface area contributed by atoms with E-state index in [1.807, 2.05) is 24.3 Å². The van der Waals surface area contributed by atoms with Crippen molar-refractivity contribution in [3.05, 3.63) is 89.5 Å². The van der Waals surface area contributed by atoms with Gasteiger partial charge in [-0.3, -0.25) is 0 Å². The van der Waals surface area contributed by atoms with Gasteiger partial charge < -0.3 is 30.2 Å². The molecule has 1 nitrogen and oxygen atoms in total. The average molecular weight is 549 g/mol. The summed E-state index contributed by atoms with van der Waals surface area (Å²) in [6, 6.07) is 25.0. The molecule has 0 unspecified atom stereocenters. The average Bonchev–Trinajstić information content (AvgIpc) is 2.88. The molecule has 0 fully saturated rings. The van der Waals surface area contributed by atoms with Crippen molar-refractivity contribution in [1.82, 2.24) is 0 Å². The van der Waals surface area contributed by atoms with Crippen LogP contribution < -0.4 is 5.32 Å². The van der Waals surface area contributed by atoms with E-state index in [1.54, 1.807) is 0 Å². The maximum Gasteiger partial charge on any atom is 0.146 e. The SMILES string of the molecule is CC(C)[Si](C#Cc1c2ccccc2c(C#Cc2ccc(NC(=S)[S-])cc2)c2ccccc12)(C(C)C)C(C)C. The van der Waals surface area contributed by atoms with E-state index in [-0.39, 0.29) is 0 Å². The highest BCUT2D eigenvalue weighted by atomic mass is 32.1. The first-order valence-corrected chi connectivity index (χ1v) is 16.3. The Morgan fingerprint density at radius 1 is 0.658 bits per heavy atom. The second-order valence-corrected chi connectivity index (χ2v) is 17.4. The zero-order valence-electron chi connectivity index (χ0n) is 23.0. The molecule has 0 atom stereocenters. The van der Waals surface area contributed by atoms with Gasteiger partial charge in [-0.05, 0) is 62.4 Å². The summed E-state index contributed by atoms with van der Waals surface area (Å²) in [6.45, 7) is 14.2. The molecule has 0 aliphatic carbocycles. The van der Waals surface area contributed by atoms with Gasteiger partial charge in [0.2, 0.25) is 0 Å². The van der Waals surface area contributed by atoms with Crippen LogP contribution in [-0.4, -0.2) is 12.4 Å². The van der Waals surface area contributed by atoms with Crippen molar-refractivity contribution in [2.75, 3.05) is 5.32 Å². The Labute approximate surface area is 239 Å². The molecule has 0 heterocycles. The Morgan fingerprint density at radius 2 is 1.08 bits per heavy atom. The summed E-state index contributed by atoms with van der Waals surface area (Å²) in [5.74, 6) is 10.7. The van der Waals surface area contributed by atoms with Crippen LogP contribution in [0, 0.1) is 23.3 Å². The molecular formula is C34H34NS2Si-. The topological polar surface area (TPSA) is 12.0 Å². The van der Waals surface area contributed by atoms with Crippen LogP contribution in [0.5, 0.6) is 0 Å². The Hall–Kier alpha value is -3.15. The van der Waals surface area contributed by atoms with Crippen LogP contribution >= 0.6 is 12.2 Å². The zero-order chi connectivity index (χ0) is 27.4. The minimum Gasteiger partial charge on any atom is -0.411 e. The minimum absolute atomic E-state index is 0.333. The van der Waals surface area contributed by atoms with Crippen molar-refractivity contribution in [3.8, 4) is 23.3 Å². The van der Waals surface area contributed by atoms with Gasteiger partial charge in [-0.25, -0.2) is 0 Å². The van der Waals surface area contributed by atoms with Gasteiger partial charge in [0.15, 0.2) is 0 Å². The largest absolute Gasteiger partial charge is 0.411 e. The third-order valence-corrected chi connectivity index (χ3v) is 14.2. The Balaban J connectivity index is 1.93. The molecule has 192 valence electrons. The first-order valence-electron chi connectivity index (χ1n) is 13.2. The highest BCUT2D eigenvalue weighted by Gasteiger charge is 2.41. The maximum atomic E-state index is 4.97. The maximum absolute atomic E-state index is 4.97. The molecule has 4 aromatic rings. The van der Waals surface area contributed by atoms with E-state index < -0.39 is 8.07 Å². The molecule has 4 aromatic carbocycles. The van der Waals surface area contributed by atoms with Crippen molar-refractivity contribution in [2.45, 2.75) is 58.2 Å². The van der Waals surface area contributed by atoms with E-state index in [0.717, 1.165) is 33.2 Å². The van der Waals surface area contributed by atoms with Crippen LogP contribution in [0.4, 0.5) is 5.69 Å². The lowest BCUT2D eigenvalue weighted by atomic mass is 9.92. The zero-order valence-corrected chi connectivity index (χ0v) is 25.6. The second-order valence-electron chi connectivity index (χ2n) is 10.7. The Bertz CT molecular complexity index is 1530. The van der Waals surface area contributed by atoms with Crippen LogP contribution in [0.3, 0.4) is 0 Å². The molecule has 0 amide bonds. The molecule has 0 saturated carbocycles. The molecule has 4 rings (SSSR count). The summed E-state index contributed by atoms with van der Waals surface area (Å²) in [5, 5.41) is 7.61. The lowest BCUT2D eigenvalue weighted by molar-refractivity contribution is 0.838. The molecule has 0 radical (unpaired) electrons. The molecule has 0 aromatic heterocycles. The summed E-state index contributed by atoms with van der Waals surface area (Å²) < 4.78 is 0.333. The summed E-state index contributed by atoms with van der Waals surface area (Å²) in [4.78, 5) is 0. The number of rotatable bonds is 4. The van der Waals surface area contributed by atoms with E-state index in [4.69, 9.17) is 24.8 Å². The van der Waals surface area contributed by atoms with E-state index in [0.29, 0.717) is 20.9 Å². The molecule has 0 aliphatic heterocycles. The number of thiocarbonyl (C=S) groups is 1. The highest BCUT2D eigenvalue weighted by molar-refractivity contribution is 8.00. The fourth-order valence-electron chi connectivity index (χ4n) is 5.89. The number of hydrogen-bond acceptors (Lipinski definition) is 2. The summed E-state index contributed by atoms with van der Waals surface area (Å²) in [6.07, 6.45) is 0. The summed E-state index contributed by atoms with van der Waals surface area (Å²) >= 11 is 9.94. The monoisotopic (exact) mass is 548 g/mol. The van der Waals surface area contributed by atoms with Gasteiger partial charge in [0.25, 0.3) is 0 Å². The molecule has 0 spiro atoms. The third kappa shape index (κ3) is 5.50. The standard InChI is InChI=1S/C34H35NS2Si/c1-23(2)38(24(3)4,25(5)6)22-21-33-30-13-9-7-11-28(30)32(29-12-8-10-14-31(29)33)20-17-26-15-18-27(19-16-26)35-34(36)37/h7-16,18-19,23-25H,1-6H3,(H2,35,36,37)/p-1. The molecular weight excluding hydrogens is 515 g/mol. The van der Waals surface area contributed by atoms with Crippen LogP contribution in [-0.2, 0) is 12.6 Å². The van der Waals surface area contributed by atoms with Crippen molar-refractivity contribution in [1.29, 1.82) is 0 Å². The normalized spacial score (nSPS) is 11.4. The number of fused-ring (bicyclic) bond motifs is 2. The molecule has 0 aliphatic rings. The molecule has 1 N–H and O–H groups in total. The van der Waals surface area contributed by atoms with Gasteiger partial charge >= 0.3 is 0 Å². The van der Waals surface area contributed by atoms with Gasteiger partial charge in [0, 0.05) is 22.4 Å². The predicted molar refractivity (Wildman–Crippen MR) is 175 cm³/mol. The fraction of sp³-hybridized carbons (Fsp3) is 0.265. The van der Waals surface area contributed by atoms with Gasteiger partial charge in [0.1, 0.15) is 8.07 Å². The van der Waals surface area contributed by atoms with Crippen molar-refractivity contribution >= 4 is 64.5 Å². The van der Waals surface area contributed by atoms with Crippen LogP contribution in [0.2, 0.25) is 16.6 Å². The summed E-state index contributed by atoms with van der Waals surface area (Å²) in [5.41, 5.74) is 9.68. The number of nitrogens with one attached hydrogen (secondary N) is 1.